The Labute approximate surface area is 114 Å². The van der Waals surface area contributed by atoms with Crippen LogP contribution in [0.3, 0.4) is 0 Å². The Kier molecular flexibility index (Phi) is 4.08. The van der Waals surface area contributed by atoms with Gasteiger partial charge in [0, 0.05) is 13.6 Å². The van der Waals surface area contributed by atoms with Crippen LogP contribution < -0.4 is 0 Å². The largest absolute Gasteiger partial charge is 0.391 e. The lowest BCUT2D eigenvalue weighted by molar-refractivity contribution is 0.131. The van der Waals surface area contributed by atoms with Crippen molar-refractivity contribution in [3.8, 4) is 0 Å². The van der Waals surface area contributed by atoms with E-state index >= 15 is 0 Å². The van der Waals surface area contributed by atoms with E-state index in [-0.39, 0.29) is 12.5 Å². The Morgan fingerprint density at radius 3 is 2.25 bits per heavy atom. The minimum atomic E-state index is -4.17. The first-order valence-electron chi connectivity index (χ1n) is 6.02. The zero-order chi connectivity index (χ0) is 15.1. The number of hydrogen-bond donors (Lipinski definition) is 1. The molecule has 8 heteroatoms. The number of sulfonamides is 1. The van der Waals surface area contributed by atoms with E-state index in [9.17, 15) is 26.7 Å². The quantitative estimate of drug-likeness (QED) is 0.839. The number of likely N-dealkylation sites (N-methyl/N-ethyl adjacent to an activating group) is 1. The van der Waals surface area contributed by atoms with E-state index in [0.717, 1.165) is 17.1 Å². The third-order valence-corrected chi connectivity index (χ3v) is 5.08. The van der Waals surface area contributed by atoms with E-state index in [1.54, 1.807) is 0 Å². The minimum Gasteiger partial charge on any atom is -0.391 e. The summed E-state index contributed by atoms with van der Waals surface area (Å²) in [6, 6.07) is 0.849. The maximum atomic E-state index is 13.1. The molecule has 1 unspecified atom stereocenters. The van der Waals surface area contributed by atoms with Crippen LogP contribution in [-0.4, -0.2) is 37.5 Å². The lowest BCUT2D eigenvalue weighted by Gasteiger charge is -2.20. The van der Waals surface area contributed by atoms with Crippen LogP contribution in [-0.2, 0) is 10.0 Å². The van der Waals surface area contributed by atoms with E-state index in [1.807, 2.05) is 0 Å². The second-order valence-electron chi connectivity index (χ2n) is 4.89. The molecule has 1 atom stereocenters. The van der Waals surface area contributed by atoms with Gasteiger partial charge in [0.2, 0.25) is 10.0 Å². The highest BCUT2D eigenvalue weighted by Crippen LogP contribution is 2.33. The molecule has 0 heterocycles. The van der Waals surface area contributed by atoms with Crippen molar-refractivity contribution >= 4 is 10.0 Å². The van der Waals surface area contributed by atoms with Crippen LogP contribution >= 0.6 is 0 Å². The third kappa shape index (κ3) is 2.97. The minimum absolute atomic E-state index is 0.0642. The van der Waals surface area contributed by atoms with Gasteiger partial charge in [-0.2, -0.15) is 4.31 Å². The molecule has 1 aromatic rings. The maximum absolute atomic E-state index is 13.1. The molecule has 1 saturated carbocycles. The van der Waals surface area contributed by atoms with Gasteiger partial charge in [-0.25, -0.2) is 21.6 Å². The van der Waals surface area contributed by atoms with Crippen molar-refractivity contribution < 1.29 is 26.7 Å². The second kappa shape index (κ2) is 5.34. The standard InChI is InChI=1S/C12H14F3NO3S/c1-16(6-11(17)7-2-3-7)20(18,19)8-4-9(13)12(15)10(14)5-8/h4-5,7,11,17H,2-3,6H2,1H3. The Bertz CT molecular complexity index is 593. The molecule has 1 N–H and O–H groups in total. The molecule has 0 bridgehead atoms. The molecule has 1 aliphatic carbocycles. The summed E-state index contributed by atoms with van der Waals surface area (Å²) in [5, 5.41) is 9.71. The van der Waals surface area contributed by atoms with E-state index < -0.39 is 38.5 Å². The third-order valence-electron chi connectivity index (χ3n) is 3.28. The first-order chi connectivity index (χ1) is 9.23. The molecule has 1 aliphatic rings. The van der Waals surface area contributed by atoms with Gasteiger partial charge in [0.25, 0.3) is 0 Å². The first-order valence-corrected chi connectivity index (χ1v) is 7.46. The van der Waals surface area contributed by atoms with Gasteiger partial charge >= 0.3 is 0 Å². The molecular weight excluding hydrogens is 295 g/mol. The van der Waals surface area contributed by atoms with Gasteiger partial charge in [-0.1, -0.05) is 0 Å². The fourth-order valence-corrected chi connectivity index (χ4v) is 3.07. The predicted molar refractivity (Wildman–Crippen MR) is 64.9 cm³/mol. The SMILES string of the molecule is CN(CC(O)C1CC1)S(=O)(=O)c1cc(F)c(F)c(F)c1. The predicted octanol–water partition coefficient (Wildman–Crippen LogP) is 1.50. The Morgan fingerprint density at radius 2 is 1.80 bits per heavy atom. The van der Waals surface area contributed by atoms with Gasteiger partial charge < -0.3 is 5.11 Å². The zero-order valence-corrected chi connectivity index (χ0v) is 11.5. The van der Waals surface area contributed by atoms with Crippen molar-refractivity contribution in [2.75, 3.05) is 13.6 Å². The second-order valence-corrected chi connectivity index (χ2v) is 6.94. The van der Waals surface area contributed by atoms with Crippen LogP contribution in [0.1, 0.15) is 12.8 Å². The number of nitrogens with zero attached hydrogens (tertiary/aromatic N) is 1. The van der Waals surface area contributed by atoms with Crippen molar-refractivity contribution in [1.82, 2.24) is 4.31 Å². The van der Waals surface area contributed by atoms with Crippen molar-refractivity contribution in [2.45, 2.75) is 23.8 Å². The summed E-state index contributed by atoms with van der Waals surface area (Å²) in [6.45, 7) is -0.173. The topological polar surface area (TPSA) is 57.6 Å². The molecule has 4 nitrogen and oxygen atoms in total. The lowest BCUT2D eigenvalue weighted by atomic mass is 10.2. The molecule has 0 aliphatic heterocycles. The monoisotopic (exact) mass is 309 g/mol. The van der Waals surface area contributed by atoms with E-state index in [1.165, 1.54) is 7.05 Å². The highest BCUT2D eigenvalue weighted by molar-refractivity contribution is 7.89. The van der Waals surface area contributed by atoms with Gasteiger partial charge in [-0.15, -0.1) is 0 Å². The summed E-state index contributed by atoms with van der Waals surface area (Å²) >= 11 is 0. The van der Waals surface area contributed by atoms with Crippen molar-refractivity contribution in [2.24, 2.45) is 5.92 Å². The van der Waals surface area contributed by atoms with Gasteiger partial charge in [0.1, 0.15) is 0 Å². The fraction of sp³-hybridized carbons (Fsp3) is 0.500. The average Bonchev–Trinajstić information content (AvgIpc) is 3.19. The summed E-state index contributed by atoms with van der Waals surface area (Å²) in [5.41, 5.74) is 0. The smallest absolute Gasteiger partial charge is 0.243 e. The van der Waals surface area contributed by atoms with Gasteiger partial charge in [-0.05, 0) is 30.9 Å². The van der Waals surface area contributed by atoms with Crippen LogP contribution in [0.25, 0.3) is 0 Å². The van der Waals surface area contributed by atoms with Crippen LogP contribution in [0.15, 0.2) is 17.0 Å². The number of rotatable bonds is 5. The normalized spacial score (nSPS) is 17.5. The number of aliphatic hydroxyl groups is 1. The zero-order valence-electron chi connectivity index (χ0n) is 10.7. The molecule has 0 saturated heterocycles. The highest BCUT2D eigenvalue weighted by atomic mass is 32.2. The molecule has 1 fully saturated rings. The number of benzene rings is 1. The van der Waals surface area contributed by atoms with E-state index in [4.69, 9.17) is 0 Å². The fourth-order valence-electron chi connectivity index (χ4n) is 1.85. The molecule has 0 radical (unpaired) electrons. The van der Waals surface area contributed by atoms with Crippen LogP contribution in [0.5, 0.6) is 0 Å². The molecule has 0 amide bonds. The Morgan fingerprint density at radius 1 is 1.30 bits per heavy atom. The molecule has 1 aromatic carbocycles. The summed E-state index contributed by atoms with van der Waals surface area (Å²) in [6.07, 6.45) is 0.842. The first kappa shape index (κ1) is 15.3. The summed E-state index contributed by atoms with van der Waals surface area (Å²) in [7, 11) is -2.98. The number of halogens is 3. The van der Waals surface area contributed by atoms with Crippen molar-refractivity contribution in [3.63, 3.8) is 0 Å². The molecule has 0 aromatic heterocycles. The molecule has 2 rings (SSSR count). The Hall–Kier alpha value is -1.12. The highest BCUT2D eigenvalue weighted by Gasteiger charge is 2.33. The maximum Gasteiger partial charge on any atom is 0.243 e. The van der Waals surface area contributed by atoms with Crippen LogP contribution in [0.2, 0.25) is 0 Å². The van der Waals surface area contributed by atoms with E-state index in [2.05, 4.69) is 0 Å². The van der Waals surface area contributed by atoms with Gasteiger partial charge in [0.05, 0.1) is 11.0 Å². The molecule has 0 spiro atoms. The summed E-state index contributed by atoms with van der Waals surface area (Å²) in [4.78, 5) is -0.681. The number of hydrogen-bond acceptors (Lipinski definition) is 3. The molecule has 20 heavy (non-hydrogen) atoms. The molecular formula is C12H14F3NO3S. The molecule has 112 valence electrons. The van der Waals surface area contributed by atoms with Crippen LogP contribution in [0, 0.1) is 23.4 Å². The number of aliphatic hydroxyl groups excluding tert-OH is 1. The van der Waals surface area contributed by atoms with Crippen molar-refractivity contribution in [3.05, 3.63) is 29.6 Å². The summed E-state index contributed by atoms with van der Waals surface area (Å²) in [5.74, 6) is -4.79. The van der Waals surface area contributed by atoms with Gasteiger partial charge in [-0.3, -0.25) is 0 Å². The Balaban J connectivity index is 2.24. The average molecular weight is 309 g/mol. The van der Waals surface area contributed by atoms with Crippen LogP contribution in [0.4, 0.5) is 13.2 Å². The van der Waals surface area contributed by atoms with Gasteiger partial charge in [0.15, 0.2) is 17.5 Å². The summed E-state index contributed by atoms with van der Waals surface area (Å²) < 4.78 is 64.0. The van der Waals surface area contributed by atoms with Crippen molar-refractivity contribution in [1.29, 1.82) is 0 Å². The van der Waals surface area contributed by atoms with E-state index in [0.29, 0.717) is 12.1 Å². The lowest BCUT2D eigenvalue weighted by Crippen LogP contribution is -2.35.